The van der Waals surface area contributed by atoms with Gasteiger partial charge in [0.25, 0.3) is 11.7 Å². The third-order valence-corrected chi connectivity index (χ3v) is 5.09. The molecule has 1 atom stereocenters. The summed E-state index contributed by atoms with van der Waals surface area (Å²) in [6.45, 7) is 1.11. The molecule has 3 rings (SSSR count). The second kappa shape index (κ2) is 9.09. The van der Waals surface area contributed by atoms with Gasteiger partial charge in [-0.1, -0.05) is 12.1 Å². The summed E-state index contributed by atoms with van der Waals surface area (Å²) in [7, 11) is 5.42. The van der Waals surface area contributed by atoms with Crippen molar-refractivity contribution >= 4 is 17.4 Å². The zero-order chi connectivity index (χ0) is 21.8. The molecule has 1 amide bonds. The number of aliphatic hydroxyl groups excluding tert-OH is 1. The fraction of sp³-hybridized carbons (Fsp3) is 0.304. The molecule has 1 aliphatic heterocycles. The Morgan fingerprint density at radius 2 is 1.73 bits per heavy atom. The molecule has 0 unspecified atom stereocenters. The van der Waals surface area contributed by atoms with Crippen LogP contribution in [0.4, 0.5) is 4.39 Å². The maximum atomic E-state index is 13.3. The Balaban J connectivity index is 2.07. The van der Waals surface area contributed by atoms with Crippen molar-refractivity contribution in [2.45, 2.75) is 12.5 Å². The summed E-state index contributed by atoms with van der Waals surface area (Å²) in [5.41, 5.74) is 0.964. The molecule has 2 aromatic carbocycles. The molecular weight excluding hydrogens is 387 g/mol. The highest BCUT2D eigenvalue weighted by molar-refractivity contribution is 6.46. The Bertz CT molecular complexity index is 952. The van der Waals surface area contributed by atoms with Crippen molar-refractivity contribution < 1.29 is 23.8 Å². The quantitative estimate of drug-likeness (QED) is 0.430. The predicted molar refractivity (Wildman–Crippen MR) is 112 cm³/mol. The van der Waals surface area contributed by atoms with Crippen LogP contribution in [-0.2, 0) is 9.59 Å². The van der Waals surface area contributed by atoms with Gasteiger partial charge in [-0.05, 0) is 69.0 Å². The zero-order valence-corrected chi connectivity index (χ0v) is 17.3. The summed E-state index contributed by atoms with van der Waals surface area (Å²) < 4.78 is 18.5. The normalized spacial score (nSPS) is 18.3. The summed E-state index contributed by atoms with van der Waals surface area (Å²) in [6, 6.07) is 11.5. The van der Waals surface area contributed by atoms with Crippen LogP contribution in [0.25, 0.3) is 5.76 Å². The summed E-state index contributed by atoms with van der Waals surface area (Å²) in [5.74, 6) is -1.53. The van der Waals surface area contributed by atoms with Gasteiger partial charge in [-0.25, -0.2) is 4.39 Å². The van der Waals surface area contributed by atoms with Gasteiger partial charge in [-0.15, -0.1) is 0 Å². The van der Waals surface area contributed by atoms with Crippen LogP contribution in [0.3, 0.4) is 0 Å². The Hall–Kier alpha value is -3.19. The SMILES string of the molecule is COc1ccc([C@H]2/C(=C(\O)c3ccc(F)cc3)C(=O)C(=O)N2CCCN(C)C)cc1. The number of nitrogens with zero attached hydrogens (tertiary/aromatic N) is 2. The number of rotatable bonds is 7. The predicted octanol–water partition coefficient (Wildman–Crippen LogP) is 3.21. The number of methoxy groups -OCH3 is 1. The number of hydrogen-bond acceptors (Lipinski definition) is 5. The number of aliphatic hydroxyl groups is 1. The van der Waals surface area contributed by atoms with E-state index in [2.05, 4.69) is 0 Å². The van der Waals surface area contributed by atoms with E-state index >= 15 is 0 Å². The third kappa shape index (κ3) is 4.36. The average molecular weight is 412 g/mol. The second-order valence-electron chi connectivity index (χ2n) is 7.43. The number of carbonyl (C=O) groups is 2. The lowest BCUT2D eigenvalue weighted by Gasteiger charge is -2.26. The topological polar surface area (TPSA) is 70.1 Å². The number of ether oxygens (including phenoxy) is 1. The minimum Gasteiger partial charge on any atom is -0.507 e. The van der Waals surface area contributed by atoms with E-state index in [9.17, 15) is 19.1 Å². The summed E-state index contributed by atoms with van der Waals surface area (Å²) in [5, 5.41) is 10.9. The molecule has 1 aliphatic rings. The van der Waals surface area contributed by atoms with Gasteiger partial charge in [-0.3, -0.25) is 9.59 Å². The van der Waals surface area contributed by atoms with E-state index < -0.39 is 23.5 Å². The van der Waals surface area contributed by atoms with E-state index in [1.54, 1.807) is 31.4 Å². The van der Waals surface area contributed by atoms with Crippen molar-refractivity contribution in [3.63, 3.8) is 0 Å². The standard InChI is InChI=1S/C23H25FN2O4/c1-25(2)13-4-14-26-20(15-7-11-18(30-3)12-8-15)19(22(28)23(26)29)21(27)16-5-9-17(24)10-6-16/h5-12,20,27H,4,13-14H2,1-3H3/b21-19+/t20-/m0/s1. The van der Waals surface area contributed by atoms with Crippen molar-refractivity contribution in [2.75, 3.05) is 34.3 Å². The van der Waals surface area contributed by atoms with Crippen molar-refractivity contribution in [1.82, 2.24) is 9.80 Å². The van der Waals surface area contributed by atoms with Crippen LogP contribution >= 0.6 is 0 Å². The minimum atomic E-state index is -0.748. The van der Waals surface area contributed by atoms with Gasteiger partial charge in [0.2, 0.25) is 0 Å². The summed E-state index contributed by atoms with van der Waals surface area (Å²) >= 11 is 0. The highest BCUT2D eigenvalue weighted by Gasteiger charge is 2.45. The first-order valence-electron chi connectivity index (χ1n) is 9.66. The number of hydrogen-bond donors (Lipinski definition) is 1. The third-order valence-electron chi connectivity index (χ3n) is 5.09. The molecule has 0 saturated carbocycles. The largest absolute Gasteiger partial charge is 0.507 e. The summed E-state index contributed by atoms with van der Waals surface area (Å²) in [6.07, 6.45) is 0.670. The van der Waals surface area contributed by atoms with E-state index in [4.69, 9.17) is 4.74 Å². The number of amides is 1. The molecule has 30 heavy (non-hydrogen) atoms. The number of likely N-dealkylation sites (tertiary alicyclic amines) is 1. The van der Waals surface area contributed by atoms with E-state index in [1.807, 2.05) is 19.0 Å². The highest BCUT2D eigenvalue weighted by atomic mass is 19.1. The Morgan fingerprint density at radius 3 is 2.30 bits per heavy atom. The minimum absolute atomic E-state index is 0.00151. The zero-order valence-electron chi connectivity index (χ0n) is 17.3. The lowest BCUT2D eigenvalue weighted by Crippen LogP contribution is -2.32. The van der Waals surface area contributed by atoms with Crippen LogP contribution in [0.15, 0.2) is 54.1 Å². The number of ketones is 1. The highest BCUT2D eigenvalue weighted by Crippen LogP contribution is 2.39. The second-order valence-corrected chi connectivity index (χ2v) is 7.43. The fourth-order valence-electron chi connectivity index (χ4n) is 3.56. The van der Waals surface area contributed by atoms with Crippen molar-refractivity contribution in [2.24, 2.45) is 0 Å². The van der Waals surface area contributed by atoms with Crippen LogP contribution in [0, 0.1) is 5.82 Å². The molecule has 0 spiro atoms. The van der Waals surface area contributed by atoms with Crippen LogP contribution in [0.2, 0.25) is 0 Å². The van der Waals surface area contributed by atoms with Crippen molar-refractivity contribution in [3.8, 4) is 5.75 Å². The Kier molecular flexibility index (Phi) is 6.52. The smallest absolute Gasteiger partial charge is 0.295 e. The molecule has 2 aromatic rings. The van der Waals surface area contributed by atoms with Crippen molar-refractivity contribution in [3.05, 3.63) is 71.0 Å². The van der Waals surface area contributed by atoms with Gasteiger partial charge >= 0.3 is 0 Å². The number of Topliss-reactive ketones (excluding diaryl/α,β-unsaturated/α-hetero) is 1. The Morgan fingerprint density at radius 1 is 1.10 bits per heavy atom. The van der Waals surface area contributed by atoms with Gasteiger partial charge in [-0.2, -0.15) is 0 Å². The van der Waals surface area contributed by atoms with Gasteiger partial charge < -0.3 is 19.6 Å². The number of carbonyl (C=O) groups excluding carboxylic acids is 2. The fourth-order valence-corrected chi connectivity index (χ4v) is 3.56. The molecule has 6 nitrogen and oxygen atoms in total. The van der Waals surface area contributed by atoms with Gasteiger partial charge in [0.05, 0.1) is 18.7 Å². The van der Waals surface area contributed by atoms with E-state index in [0.717, 1.165) is 6.54 Å². The van der Waals surface area contributed by atoms with E-state index in [-0.39, 0.29) is 16.9 Å². The first-order chi connectivity index (χ1) is 14.3. The van der Waals surface area contributed by atoms with E-state index in [0.29, 0.717) is 24.3 Å². The molecular formula is C23H25FN2O4. The van der Waals surface area contributed by atoms with Crippen LogP contribution in [0.1, 0.15) is 23.6 Å². The molecule has 1 saturated heterocycles. The van der Waals surface area contributed by atoms with Gasteiger partial charge in [0.15, 0.2) is 0 Å². The number of benzene rings is 2. The van der Waals surface area contributed by atoms with Crippen molar-refractivity contribution in [1.29, 1.82) is 0 Å². The van der Waals surface area contributed by atoms with Gasteiger partial charge in [0.1, 0.15) is 17.3 Å². The maximum Gasteiger partial charge on any atom is 0.295 e. The van der Waals surface area contributed by atoms with Crippen LogP contribution in [0.5, 0.6) is 5.75 Å². The molecule has 7 heteroatoms. The molecule has 1 N–H and O–H groups in total. The maximum absolute atomic E-state index is 13.3. The first kappa shape index (κ1) is 21.5. The van der Waals surface area contributed by atoms with Crippen LogP contribution in [-0.4, -0.2) is 60.9 Å². The Labute approximate surface area is 175 Å². The molecule has 0 aromatic heterocycles. The lowest BCUT2D eigenvalue weighted by atomic mass is 9.95. The lowest BCUT2D eigenvalue weighted by molar-refractivity contribution is -0.139. The molecule has 1 fully saturated rings. The number of halogens is 1. The summed E-state index contributed by atoms with van der Waals surface area (Å²) in [4.78, 5) is 29.2. The molecule has 0 bridgehead atoms. The van der Waals surface area contributed by atoms with Crippen LogP contribution < -0.4 is 4.74 Å². The molecule has 1 heterocycles. The van der Waals surface area contributed by atoms with Gasteiger partial charge in [0, 0.05) is 12.1 Å². The molecule has 0 radical (unpaired) electrons. The monoisotopic (exact) mass is 412 g/mol. The molecule has 0 aliphatic carbocycles. The average Bonchev–Trinajstić information content (AvgIpc) is 2.98. The van der Waals surface area contributed by atoms with E-state index in [1.165, 1.54) is 29.2 Å². The molecule has 158 valence electrons. The first-order valence-corrected chi connectivity index (χ1v) is 9.66.